The van der Waals surface area contributed by atoms with Crippen molar-refractivity contribution in [2.24, 2.45) is 0 Å². The Balaban J connectivity index is 2.05. The van der Waals surface area contributed by atoms with Crippen molar-refractivity contribution in [2.75, 3.05) is 12.8 Å². The molecule has 0 radical (unpaired) electrons. The van der Waals surface area contributed by atoms with Crippen LogP contribution in [0.5, 0.6) is 0 Å². The van der Waals surface area contributed by atoms with Crippen molar-refractivity contribution in [1.29, 1.82) is 5.41 Å². The molecule has 1 aliphatic carbocycles. The van der Waals surface area contributed by atoms with E-state index >= 15 is 0 Å². The minimum absolute atomic E-state index is 0.0228. The van der Waals surface area contributed by atoms with Crippen LogP contribution < -0.4 is 5.32 Å². The summed E-state index contributed by atoms with van der Waals surface area (Å²) in [4.78, 5) is 0. The number of aryl methyl sites for hydroxylation is 1. The third-order valence-electron chi connectivity index (χ3n) is 3.79. The number of rotatable bonds is 0. The average Bonchev–Trinajstić information content (AvgIpc) is 2.24. The lowest BCUT2D eigenvalue weighted by Gasteiger charge is -2.49. The third kappa shape index (κ3) is 1.38. The van der Waals surface area contributed by atoms with Crippen LogP contribution in [-0.2, 0) is 22.0 Å². The predicted molar refractivity (Wildman–Crippen MR) is 69.0 cm³/mol. The van der Waals surface area contributed by atoms with Crippen LogP contribution in [0.2, 0.25) is 0 Å². The Morgan fingerprint density at radius 3 is 2.78 bits per heavy atom. The van der Waals surface area contributed by atoms with E-state index in [0.717, 1.165) is 9.87 Å². The van der Waals surface area contributed by atoms with Gasteiger partial charge in [0.2, 0.25) is 16.0 Å². The second-order valence-corrected chi connectivity index (χ2v) is 7.12. The van der Waals surface area contributed by atoms with Crippen LogP contribution in [0.25, 0.3) is 0 Å². The molecule has 96 valence electrons. The van der Waals surface area contributed by atoms with Gasteiger partial charge in [0, 0.05) is 13.5 Å². The van der Waals surface area contributed by atoms with Gasteiger partial charge in [-0.25, -0.2) is 12.7 Å². The molecule has 2 N–H and O–H groups in total. The molecular weight excluding hydrogens is 250 g/mol. The summed E-state index contributed by atoms with van der Waals surface area (Å²) in [5.41, 5.74) is 2.77. The minimum Gasteiger partial charge on any atom is -0.345 e. The molecule has 1 heterocycles. The largest absolute Gasteiger partial charge is 0.345 e. The van der Waals surface area contributed by atoms with E-state index in [4.69, 9.17) is 5.41 Å². The predicted octanol–water partition coefficient (Wildman–Crippen LogP) is 0.546. The standard InChI is InChI=1S/C12H15N3O2S/c1-8-3-4-10-9(5-8)6-12(10)7-18(16,17)15(2)11(13)14-12/h3-5H,6-7H2,1-2H3,(H2,13,14)/t12-/m0/s1. The van der Waals surface area contributed by atoms with Crippen LogP contribution in [-0.4, -0.2) is 31.5 Å². The zero-order chi connectivity index (χ0) is 13.1. The molecule has 0 unspecified atom stereocenters. The van der Waals surface area contributed by atoms with Gasteiger partial charge in [0.05, 0.1) is 11.3 Å². The molecule has 1 saturated heterocycles. The van der Waals surface area contributed by atoms with E-state index in [1.165, 1.54) is 18.2 Å². The Morgan fingerprint density at radius 1 is 1.44 bits per heavy atom. The monoisotopic (exact) mass is 265 g/mol. The van der Waals surface area contributed by atoms with Crippen molar-refractivity contribution in [3.63, 3.8) is 0 Å². The first-order valence-corrected chi connectivity index (χ1v) is 7.38. The molecule has 6 heteroatoms. The van der Waals surface area contributed by atoms with E-state index in [1.54, 1.807) is 0 Å². The van der Waals surface area contributed by atoms with Crippen molar-refractivity contribution >= 4 is 16.0 Å². The van der Waals surface area contributed by atoms with E-state index in [2.05, 4.69) is 11.4 Å². The molecule has 3 rings (SSSR count). The molecule has 0 bridgehead atoms. The van der Waals surface area contributed by atoms with Gasteiger partial charge in [-0.05, 0) is 18.1 Å². The molecule has 1 aromatic carbocycles. The molecule has 0 saturated carbocycles. The van der Waals surface area contributed by atoms with Gasteiger partial charge in [-0.2, -0.15) is 0 Å². The number of hydrogen-bond donors (Lipinski definition) is 2. The number of fused-ring (bicyclic) bond motifs is 2. The SMILES string of the molecule is Cc1ccc2c(c1)C[C@]21CS(=O)(=O)N(C)C(=N)N1. The number of nitrogens with one attached hydrogen (secondary N) is 2. The number of guanidine groups is 1. The third-order valence-corrected chi connectivity index (χ3v) is 5.66. The van der Waals surface area contributed by atoms with Crippen molar-refractivity contribution in [3.05, 3.63) is 34.9 Å². The second-order valence-electron chi connectivity index (χ2n) is 5.12. The quantitative estimate of drug-likeness (QED) is 0.719. The first kappa shape index (κ1) is 11.5. The van der Waals surface area contributed by atoms with Crippen molar-refractivity contribution in [1.82, 2.24) is 9.62 Å². The highest BCUT2D eigenvalue weighted by Gasteiger charge is 2.51. The molecular formula is C12H15N3O2S. The lowest BCUT2D eigenvalue weighted by Crippen LogP contribution is -2.66. The number of benzene rings is 1. The van der Waals surface area contributed by atoms with Gasteiger partial charge in [0.1, 0.15) is 0 Å². The summed E-state index contributed by atoms with van der Waals surface area (Å²) >= 11 is 0. The van der Waals surface area contributed by atoms with Crippen LogP contribution in [0.15, 0.2) is 18.2 Å². The lowest BCUT2D eigenvalue weighted by molar-refractivity contribution is 0.343. The van der Waals surface area contributed by atoms with Gasteiger partial charge >= 0.3 is 0 Å². The number of hydrogen-bond acceptors (Lipinski definition) is 3. The molecule has 0 amide bonds. The summed E-state index contributed by atoms with van der Waals surface area (Å²) in [6.45, 7) is 2.02. The Bertz CT molecular complexity index is 653. The highest BCUT2D eigenvalue weighted by Crippen LogP contribution is 2.42. The summed E-state index contributed by atoms with van der Waals surface area (Å²) in [6.07, 6.45) is 0.666. The average molecular weight is 265 g/mol. The fourth-order valence-electron chi connectivity index (χ4n) is 2.78. The van der Waals surface area contributed by atoms with Gasteiger partial charge in [-0.1, -0.05) is 23.8 Å². The van der Waals surface area contributed by atoms with Crippen LogP contribution in [0.4, 0.5) is 0 Å². The second kappa shape index (κ2) is 3.26. The van der Waals surface area contributed by atoms with E-state index in [0.29, 0.717) is 6.42 Å². The molecule has 0 aromatic heterocycles. The molecule has 1 aromatic rings. The van der Waals surface area contributed by atoms with Gasteiger partial charge in [-0.15, -0.1) is 0 Å². The molecule has 1 aliphatic heterocycles. The first-order chi connectivity index (χ1) is 8.34. The Morgan fingerprint density at radius 2 is 2.17 bits per heavy atom. The highest BCUT2D eigenvalue weighted by molar-refractivity contribution is 7.89. The fourth-order valence-corrected chi connectivity index (χ4v) is 4.25. The Labute approximate surface area is 106 Å². The van der Waals surface area contributed by atoms with Crippen LogP contribution in [0.3, 0.4) is 0 Å². The van der Waals surface area contributed by atoms with Crippen molar-refractivity contribution in [3.8, 4) is 0 Å². The maximum Gasteiger partial charge on any atom is 0.239 e. The van der Waals surface area contributed by atoms with E-state index < -0.39 is 15.6 Å². The first-order valence-electron chi connectivity index (χ1n) is 5.77. The van der Waals surface area contributed by atoms with Gasteiger partial charge < -0.3 is 5.32 Å². The zero-order valence-corrected chi connectivity index (χ0v) is 11.1. The van der Waals surface area contributed by atoms with Crippen molar-refractivity contribution in [2.45, 2.75) is 18.9 Å². The van der Waals surface area contributed by atoms with E-state index in [1.807, 2.05) is 19.1 Å². The van der Waals surface area contributed by atoms with Crippen molar-refractivity contribution < 1.29 is 8.42 Å². The maximum atomic E-state index is 12.0. The van der Waals surface area contributed by atoms with Gasteiger partial charge in [0.15, 0.2) is 0 Å². The fraction of sp³-hybridized carbons (Fsp3) is 0.417. The molecule has 1 fully saturated rings. The lowest BCUT2D eigenvalue weighted by atomic mass is 9.71. The summed E-state index contributed by atoms with van der Waals surface area (Å²) in [7, 11) is -1.98. The molecule has 1 spiro atoms. The molecule has 1 atom stereocenters. The summed E-state index contributed by atoms with van der Waals surface area (Å²) in [6, 6.07) is 6.03. The summed E-state index contributed by atoms with van der Waals surface area (Å²) in [5.74, 6) is -0.0259. The topological polar surface area (TPSA) is 73.3 Å². The molecule has 18 heavy (non-hydrogen) atoms. The van der Waals surface area contributed by atoms with Crippen LogP contribution in [0.1, 0.15) is 16.7 Å². The Hall–Kier alpha value is -1.56. The van der Waals surface area contributed by atoms with Gasteiger partial charge in [0.25, 0.3) is 0 Å². The maximum absolute atomic E-state index is 12.0. The summed E-state index contributed by atoms with van der Waals surface area (Å²) < 4.78 is 25.0. The summed E-state index contributed by atoms with van der Waals surface area (Å²) in [5, 5.41) is 10.8. The number of nitrogens with zero attached hydrogens (tertiary/aromatic N) is 1. The normalized spacial score (nSPS) is 28.6. The van der Waals surface area contributed by atoms with Gasteiger partial charge in [-0.3, -0.25) is 5.41 Å². The van der Waals surface area contributed by atoms with E-state index in [-0.39, 0.29) is 11.7 Å². The zero-order valence-electron chi connectivity index (χ0n) is 10.3. The molecule has 2 aliphatic rings. The van der Waals surface area contributed by atoms with E-state index in [9.17, 15) is 8.42 Å². The van der Waals surface area contributed by atoms with Crippen LogP contribution in [0, 0.1) is 12.3 Å². The highest BCUT2D eigenvalue weighted by atomic mass is 32.2. The Kier molecular flexibility index (Phi) is 2.09. The minimum atomic E-state index is -3.39. The molecule has 5 nitrogen and oxygen atoms in total. The smallest absolute Gasteiger partial charge is 0.239 e. The number of sulfonamides is 1. The van der Waals surface area contributed by atoms with Crippen LogP contribution >= 0.6 is 0 Å².